The standard InChI is InChI=1S/C16H27NO3/c1-13-5-6-15(20-10-9-19-8-7-18)14(11-13)12-17-16(2,3)4/h5-6,11,17-18H,7-10,12H2,1-4H3. The molecular formula is C16H27NO3. The summed E-state index contributed by atoms with van der Waals surface area (Å²) >= 11 is 0. The number of benzene rings is 1. The van der Waals surface area contributed by atoms with E-state index in [1.165, 1.54) is 5.56 Å². The van der Waals surface area contributed by atoms with Gasteiger partial charge in [0.2, 0.25) is 0 Å². The summed E-state index contributed by atoms with van der Waals surface area (Å²) in [5, 5.41) is 12.1. The van der Waals surface area contributed by atoms with Crippen molar-refractivity contribution < 1.29 is 14.6 Å². The van der Waals surface area contributed by atoms with Gasteiger partial charge in [0.1, 0.15) is 12.4 Å². The van der Waals surface area contributed by atoms with Crippen molar-refractivity contribution in [3.8, 4) is 5.75 Å². The van der Waals surface area contributed by atoms with Gasteiger partial charge in [-0.05, 0) is 33.8 Å². The number of aliphatic hydroxyl groups is 1. The monoisotopic (exact) mass is 281 g/mol. The molecule has 0 aromatic heterocycles. The molecule has 20 heavy (non-hydrogen) atoms. The highest BCUT2D eigenvalue weighted by molar-refractivity contribution is 5.36. The number of hydrogen-bond acceptors (Lipinski definition) is 4. The average molecular weight is 281 g/mol. The third kappa shape index (κ3) is 6.89. The van der Waals surface area contributed by atoms with Crippen LogP contribution in [0.3, 0.4) is 0 Å². The van der Waals surface area contributed by atoms with E-state index in [9.17, 15) is 0 Å². The second-order valence-electron chi connectivity index (χ2n) is 5.90. The van der Waals surface area contributed by atoms with E-state index in [4.69, 9.17) is 14.6 Å². The maximum Gasteiger partial charge on any atom is 0.123 e. The molecule has 0 atom stereocenters. The van der Waals surface area contributed by atoms with Gasteiger partial charge in [0.25, 0.3) is 0 Å². The zero-order valence-electron chi connectivity index (χ0n) is 13.0. The van der Waals surface area contributed by atoms with Gasteiger partial charge in [-0.3, -0.25) is 0 Å². The lowest BCUT2D eigenvalue weighted by atomic mass is 10.1. The molecule has 0 bridgehead atoms. The summed E-state index contributed by atoms with van der Waals surface area (Å²) in [5.41, 5.74) is 2.45. The summed E-state index contributed by atoms with van der Waals surface area (Å²) in [7, 11) is 0. The minimum Gasteiger partial charge on any atom is -0.491 e. The minimum atomic E-state index is 0.0469. The fourth-order valence-corrected chi connectivity index (χ4v) is 1.72. The Morgan fingerprint density at radius 2 is 1.90 bits per heavy atom. The van der Waals surface area contributed by atoms with E-state index in [1.807, 2.05) is 12.1 Å². The Morgan fingerprint density at radius 3 is 2.55 bits per heavy atom. The quantitative estimate of drug-likeness (QED) is 0.718. The molecule has 1 aromatic carbocycles. The Bertz CT molecular complexity index is 399. The van der Waals surface area contributed by atoms with Crippen molar-refractivity contribution in [2.24, 2.45) is 0 Å². The van der Waals surface area contributed by atoms with Crippen molar-refractivity contribution in [2.45, 2.75) is 39.8 Å². The Hall–Kier alpha value is -1.10. The molecule has 0 unspecified atom stereocenters. The van der Waals surface area contributed by atoms with E-state index in [-0.39, 0.29) is 12.1 Å². The molecule has 2 N–H and O–H groups in total. The lowest BCUT2D eigenvalue weighted by Gasteiger charge is -2.22. The fraction of sp³-hybridized carbons (Fsp3) is 0.625. The summed E-state index contributed by atoms with van der Waals surface area (Å²) < 4.78 is 10.9. The molecule has 1 rings (SSSR count). The van der Waals surface area contributed by atoms with Crippen LogP contribution in [0.1, 0.15) is 31.9 Å². The minimum absolute atomic E-state index is 0.0469. The molecule has 4 nitrogen and oxygen atoms in total. The van der Waals surface area contributed by atoms with Crippen LogP contribution in [0.15, 0.2) is 18.2 Å². The summed E-state index contributed by atoms with van der Waals surface area (Å²) in [5.74, 6) is 0.889. The fourth-order valence-electron chi connectivity index (χ4n) is 1.72. The summed E-state index contributed by atoms with van der Waals surface area (Å²) in [6.45, 7) is 10.7. The van der Waals surface area contributed by atoms with Crippen molar-refractivity contribution >= 4 is 0 Å². The van der Waals surface area contributed by atoms with Crippen LogP contribution in [0.25, 0.3) is 0 Å². The van der Waals surface area contributed by atoms with E-state index in [0.29, 0.717) is 19.8 Å². The van der Waals surface area contributed by atoms with Crippen molar-refractivity contribution in [3.63, 3.8) is 0 Å². The van der Waals surface area contributed by atoms with Gasteiger partial charge in [0.05, 0.1) is 19.8 Å². The van der Waals surface area contributed by atoms with E-state index < -0.39 is 0 Å². The molecule has 0 aliphatic heterocycles. The summed E-state index contributed by atoms with van der Waals surface area (Å²) in [6.07, 6.45) is 0. The van der Waals surface area contributed by atoms with Crippen LogP contribution in [-0.2, 0) is 11.3 Å². The molecule has 0 heterocycles. The zero-order valence-corrected chi connectivity index (χ0v) is 13.0. The number of rotatable bonds is 8. The van der Waals surface area contributed by atoms with Crippen LogP contribution in [0.5, 0.6) is 5.75 Å². The number of nitrogens with one attached hydrogen (secondary N) is 1. The van der Waals surface area contributed by atoms with E-state index in [0.717, 1.165) is 17.9 Å². The first-order valence-electron chi connectivity index (χ1n) is 7.08. The highest BCUT2D eigenvalue weighted by Crippen LogP contribution is 2.20. The van der Waals surface area contributed by atoms with Crippen LogP contribution in [-0.4, -0.2) is 37.1 Å². The first-order valence-corrected chi connectivity index (χ1v) is 7.08. The lowest BCUT2D eigenvalue weighted by molar-refractivity contribution is 0.0702. The van der Waals surface area contributed by atoms with Crippen molar-refractivity contribution in [2.75, 3.05) is 26.4 Å². The summed E-state index contributed by atoms with van der Waals surface area (Å²) in [4.78, 5) is 0. The molecule has 0 aliphatic rings. The first kappa shape index (κ1) is 17.0. The Labute approximate surface area is 122 Å². The Kier molecular flexibility index (Phi) is 6.99. The molecule has 114 valence electrons. The normalized spacial score (nSPS) is 11.7. The predicted octanol–water partition coefficient (Wildman–Crippen LogP) is 2.27. The second kappa shape index (κ2) is 8.25. The highest BCUT2D eigenvalue weighted by Gasteiger charge is 2.11. The molecule has 0 aliphatic carbocycles. The predicted molar refractivity (Wildman–Crippen MR) is 81.2 cm³/mol. The highest BCUT2D eigenvalue weighted by atomic mass is 16.5. The Balaban J connectivity index is 2.56. The zero-order chi connectivity index (χ0) is 15.0. The lowest BCUT2D eigenvalue weighted by Crippen LogP contribution is -2.35. The van der Waals surface area contributed by atoms with Gasteiger partial charge in [-0.1, -0.05) is 17.7 Å². The average Bonchev–Trinajstić information content (AvgIpc) is 2.37. The second-order valence-corrected chi connectivity index (χ2v) is 5.90. The number of ether oxygens (including phenoxy) is 2. The van der Waals surface area contributed by atoms with Gasteiger partial charge in [-0.25, -0.2) is 0 Å². The van der Waals surface area contributed by atoms with Crippen molar-refractivity contribution in [1.82, 2.24) is 5.32 Å². The van der Waals surface area contributed by atoms with Crippen LogP contribution < -0.4 is 10.1 Å². The molecule has 0 radical (unpaired) electrons. The topological polar surface area (TPSA) is 50.7 Å². The maximum atomic E-state index is 8.63. The van der Waals surface area contributed by atoms with Crippen molar-refractivity contribution in [3.05, 3.63) is 29.3 Å². The Morgan fingerprint density at radius 1 is 1.15 bits per heavy atom. The third-order valence-electron chi connectivity index (χ3n) is 2.75. The summed E-state index contributed by atoms with van der Waals surface area (Å²) in [6, 6.07) is 6.19. The molecule has 0 fully saturated rings. The van der Waals surface area contributed by atoms with Gasteiger partial charge in [-0.2, -0.15) is 0 Å². The number of aliphatic hydroxyl groups excluding tert-OH is 1. The van der Waals surface area contributed by atoms with Crippen molar-refractivity contribution in [1.29, 1.82) is 0 Å². The molecule has 0 saturated carbocycles. The van der Waals surface area contributed by atoms with E-state index >= 15 is 0 Å². The van der Waals surface area contributed by atoms with Gasteiger partial charge in [-0.15, -0.1) is 0 Å². The van der Waals surface area contributed by atoms with Gasteiger partial charge < -0.3 is 19.9 Å². The molecule has 4 heteroatoms. The largest absolute Gasteiger partial charge is 0.491 e. The number of aryl methyl sites for hydroxylation is 1. The van der Waals surface area contributed by atoms with Crippen LogP contribution in [0.4, 0.5) is 0 Å². The molecule has 0 amide bonds. The molecular weight excluding hydrogens is 254 g/mol. The SMILES string of the molecule is Cc1ccc(OCCOCCO)c(CNC(C)(C)C)c1. The molecule has 0 spiro atoms. The van der Waals surface area contributed by atoms with Gasteiger partial charge >= 0.3 is 0 Å². The van der Waals surface area contributed by atoms with Crippen LogP contribution in [0, 0.1) is 6.92 Å². The van der Waals surface area contributed by atoms with E-state index in [1.54, 1.807) is 0 Å². The smallest absolute Gasteiger partial charge is 0.123 e. The molecule has 1 aromatic rings. The van der Waals surface area contributed by atoms with E-state index in [2.05, 4.69) is 39.1 Å². The number of hydrogen-bond donors (Lipinski definition) is 2. The van der Waals surface area contributed by atoms with Gasteiger partial charge in [0.15, 0.2) is 0 Å². The molecule has 0 saturated heterocycles. The third-order valence-corrected chi connectivity index (χ3v) is 2.75. The van der Waals surface area contributed by atoms with Gasteiger partial charge in [0, 0.05) is 17.6 Å². The van der Waals surface area contributed by atoms with Crippen LogP contribution >= 0.6 is 0 Å². The van der Waals surface area contributed by atoms with Crippen LogP contribution in [0.2, 0.25) is 0 Å². The maximum absolute atomic E-state index is 8.63. The first-order chi connectivity index (χ1) is 9.42.